The monoisotopic (exact) mass is 392 g/mol. The number of halogens is 3. The second kappa shape index (κ2) is 5.22. The van der Waals surface area contributed by atoms with Crippen molar-refractivity contribution >= 4 is 60.6 Å². The van der Waals surface area contributed by atoms with Gasteiger partial charge in [0.05, 0.1) is 9.90 Å². The summed E-state index contributed by atoms with van der Waals surface area (Å²) in [6.45, 7) is 1.97. The fourth-order valence-electron chi connectivity index (χ4n) is 1.41. The molecule has 0 fully saturated rings. The van der Waals surface area contributed by atoms with Gasteiger partial charge in [0.1, 0.15) is 0 Å². The van der Waals surface area contributed by atoms with Crippen molar-refractivity contribution in [2.24, 2.45) is 0 Å². The number of carbonyl (C=O) groups is 1. The van der Waals surface area contributed by atoms with Gasteiger partial charge in [-0.25, -0.2) is 0 Å². The SMILES string of the molecule is Cc1cc(Br)c(C(=O)c2ccc(Br)c(Cl)c2)s1. The topological polar surface area (TPSA) is 17.1 Å². The molecule has 1 aromatic heterocycles. The van der Waals surface area contributed by atoms with Crippen molar-refractivity contribution in [1.82, 2.24) is 0 Å². The number of thiophene rings is 1. The van der Waals surface area contributed by atoms with Crippen LogP contribution in [0.1, 0.15) is 20.1 Å². The Morgan fingerprint density at radius 2 is 1.94 bits per heavy atom. The second-order valence-corrected chi connectivity index (χ2v) is 6.86. The predicted octanol–water partition coefficient (Wildman–Crippen LogP) is 5.47. The van der Waals surface area contributed by atoms with Gasteiger partial charge < -0.3 is 0 Å². The van der Waals surface area contributed by atoms with Crippen LogP contribution in [0.3, 0.4) is 0 Å². The van der Waals surface area contributed by atoms with Crippen LogP contribution < -0.4 is 0 Å². The number of hydrogen-bond acceptors (Lipinski definition) is 2. The Balaban J connectivity index is 2.44. The summed E-state index contributed by atoms with van der Waals surface area (Å²) in [5.41, 5.74) is 0.598. The molecule has 0 unspecified atom stereocenters. The third-order valence-corrected chi connectivity index (χ3v) is 5.37. The lowest BCUT2D eigenvalue weighted by molar-refractivity contribution is 0.104. The summed E-state index contributed by atoms with van der Waals surface area (Å²) in [6, 6.07) is 7.16. The molecule has 0 bridgehead atoms. The highest BCUT2D eigenvalue weighted by Gasteiger charge is 2.16. The Hall–Kier alpha value is -0.160. The fraction of sp³-hybridized carbons (Fsp3) is 0.0833. The molecule has 0 aliphatic heterocycles. The van der Waals surface area contributed by atoms with E-state index in [1.54, 1.807) is 18.2 Å². The van der Waals surface area contributed by atoms with Crippen LogP contribution in [-0.4, -0.2) is 5.78 Å². The lowest BCUT2D eigenvalue weighted by atomic mass is 10.1. The Morgan fingerprint density at radius 1 is 1.24 bits per heavy atom. The number of hydrogen-bond donors (Lipinski definition) is 0. The van der Waals surface area contributed by atoms with Crippen LogP contribution in [0.4, 0.5) is 0 Å². The minimum absolute atomic E-state index is 0.00984. The first-order valence-electron chi connectivity index (χ1n) is 4.74. The maximum Gasteiger partial charge on any atom is 0.204 e. The van der Waals surface area contributed by atoms with E-state index in [9.17, 15) is 4.79 Å². The van der Waals surface area contributed by atoms with Gasteiger partial charge in [-0.1, -0.05) is 11.6 Å². The maximum atomic E-state index is 12.3. The minimum Gasteiger partial charge on any atom is -0.288 e. The van der Waals surface area contributed by atoms with E-state index < -0.39 is 0 Å². The van der Waals surface area contributed by atoms with Gasteiger partial charge in [0.15, 0.2) is 0 Å². The van der Waals surface area contributed by atoms with E-state index in [4.69, 9.17) is 11.6 Å². The Kier molecular flexibility index (Phi) is 4.08. The second-order valence-electron chi connectivity index (χ2n) is 3.49. The van der Waals surface area contributed by atoms with Crippen molar-refractivity contribution in [3.8, 4) is 0 Å². The molecule has 1 aromatic carbocycles. The average molecular weight is 395 g/mol. The van der Waals surface area contributed by atoms with Gasteiger partial charge in [0.2, 0.25) is 5.78 Å². The van der Waals surface area contributed by atoms with Crippen molar-refractivity contribution in [2.45, 2.75) is 6.92 Å². The number of rotatable bonds is 2. The van der Waals surface area contributed by atoms with Crippen LogP contribution >= 0.6 is 54.8 Å². The Labute approximate surface area is 125 Å². The first-order chi connectivity index (χ1) is 7.99. The summed E-state index contributed by atoms with van der Waals surface area (Å²) in [6.07, 6.45) is 0. The highest BCUT2D eigenvalue weighted by Crippen LogP contribution is 2.30. The van der Waals surface area contributed by atoms with E-state index in [1.807, 2.05) is 13.0 Å². The van der Waals surface area contributed by atoms with Gasteiger partial charge in [0, 0.05) is 19.4 Å². The third kappa shape index (κ3) is 2.81. The minimum atomic E-state index is -0.00984. The molecule has 1 nitrogen and oxygen atoms in total. The fourth-order valence-corrected chi connectivity index (χ4v) is 3.62. The zero-order valence-corrected chi connectivity index (χ0v) is 13.5. The molecule has 2 aromatic rings. The molecule has 5 heteroatoms. The Morgan fingerprint density at radius 3 is 2.47 bits per heavy atom. The van der Waals surface area contributed by atoms with Gasteiger partial charge >= 0.3 is 0 Å². The average Bonchev–Trinajstić information content (AvgIpc) is 2.61. The molecule has 0 saturated carbocycles. The first kappa shape index (κ1) is 13.3. The zero-order chi connectivity index (χ0) is 12.6. The van der Waals surface area contributed by atoms with E-state index in [1.165, 1.54) is 11.3 Å². The molecule has 0 radical (unpaired) electrons. The van der Waals surface area contributed by atoms with E-state index in [2.05, 4.69) is 31.9 Å². The molecule has 0 atom stereocenters. The molecular formula is C12H7Br2ClOS. The standard InChI is InChI=1S/C12H7Br2ClOS/c1-6-4-9(14)12(17-6)11(16)7-2-3-8(13)10(15)5-7/h2-5H,1H3. The molecule has 0 spiro atoms. The van der Waals surface area contributed by atoms with Crippen molar-refractivity contribution < 1.29 is 4.79 Å². The van der Waals surface area contributed by atoms with Gasteiger partial charge in [-0.2, -0.15) is 0 Å². The number of carbonyl (C=O) groups excluding carboxylic acids is 1. The molecule has 1 heterocycles. The van der Waals surface area contributed by atoms with Crippen molar-refractivity contribution in [3.63, 3.8) is 0 Å². The normalized spacial score (nSPS) is 10.6. The highest BCUT2D eigenvalue weighted by molar-refractivity contribution is 9.10. The van der Waals surface area contributed by atoms with Crippen LogP contribution in [-0.2, 0) is 0 Å². The van der Waals surface area contributed by atoms with E-state index in [-0.39, 0.29) is 5.78 Å². The van der Waals surface area contributed by atoms with E-state index >= 15 is 0 Å². The molecule has 0 aliphatic rings. The van der Waals surface area contributed by atoms with E-state index in [0.29, 0.717) is 15.5 Å². The first-order valence-corrected chi connectivity index (χ1v) is 7.53. The Bertz CT molecular complexity index is 592. The van der Waals surface area contributed by atoms with E-state index in [0.717, 1.165) is 13.8 Å². The summed E-state index contributed by atoms with van der Waals surface area (Å²) in [7, 11) is 0. The molecule has 0 saturated heterocycles. The molecular weight excluding hydrogens is 387 g/mol. The number of benzene rings is 1. The molecule has 0 aliphatic carbocycles. The largest absolute Gasteiger partial charge is 0.288 e. The molecule has 17 heavy (non-hydrogen) atoms. The lowest BCUT2D eigenvalue weighted by Crippen LogP contribution is -1.99. The van der Waals surface area contributed by atoms with Gasteiger partial charge in [-0.15, -0.1) is 11.3 Å². The molecule has 0 N–H and O–H groups in total. The van der Waals surface area contributed by atoms with Crippen LogP contribution in [0.2, 0.25) is 5.02 Å². The maximum absolute atomic E-state index is 12.3. The van der Waals surface area contributed by atoms with Crippen molar-refractivity contribution in [3.05, 3.63) is 53.6 Å². The van der Waals surface area contributed by atoms with Gasteiger partial charge in [-0.3, -0.25) is 4.79 Å². The summed E-state index contributed by atoms with van der Waals surface area (Å²) < 4.78 is 1.63. The zero-order valence-electron chi connectivity index (χ0n) is 8.76. The smallest absolute Gasteiger partial charge is 0.204 e. The van der Waals surface area contributed by atoms with Crippen LogP contribution in [0.15, 0.2) is 33.2 Å². The highest BCUT2D eigenvalue weighted by atomic mass is 79.9. The summed E-state index contributed by atoms with van der Waals surface area (Å²) in [4.78, 5) is 14.1. The van der Waals surface area contributed by atoms with Gasteiger partial charge in [-0.05, 0) is 63.0 Å². The van der Waals surface area contributed by atoms with Crippen LogP contribution in [0.25, 0.3) is 0 Å². The molecule has 88 valence electrons. The predicted molar refractivity (Wildman–Crippen MR) is 79.3 cm³/mol. The molecule has 0 amide bonds. The van der Waals surface area contributed by atoms with Crippen molar-refractivity contribution in [2.75, 3.05) is 0 Å². The summed E-state index contributed by atoms with van der Waals surface area (Å²) in [5, 5.41) is 0.542. The third-order valence-electron chi connectivity index (χ3n) is 2.20. The summed E-state index contributed by atoms with van der Waals surface area (Å²) >= 11 is 14.2. The number of ketones is 1. The van der Waals surface area contributed by atoms with Crippen LogP contribution in [0, 0.1) is 6.92 Å². The lowest BCUT2D eigenvalue weighted by Gasteiger charge is -2.01. The van der Waals surface area contributed by atoms with Crippen molar-refractivity contribution in [1.29, 1.82) is 0 Å². The van der Waals surface area contributed by atoms with Crippen LogP contribution in [0.5, 0.6) is 0 Å². The summed E-state index contributed by atoms with van der Waals surface area (Å²) in [5.74, 6) is -0.00984. The van der Waals surface area contributed by atoms with Gasteiger partial charge in [0.25, 0.3) is 0 Å². The molecule has 2 rings (SSSR count). The number of aryl methyl sites for hydroxylation is 1. The quantitative estimate of drug-likeness (QED) is 0.618.